The smallest absolute Gasteiger partial charge is 0.316 e. The molecule has 0 spiro atoms. The van der Waals surface area contributed by atoms with Gasteiger partial charge in [-0.25, -0.2) is 0 Å². The van der Waals surface area contributed by atoms with E-state index in [0.29, 0.717) is 13.0 Å². The van der Waals surface area contributed by atoms with Crippen LogP contribution in [0, 0.1) is 0 Å². The quantitative estimate of drug-likeness (QED) is 0.336. The molecule has 0 unspecified atom stereocenters. The predicted molar refractivity (Wildman–Crippen MR) is 69.0 cm³/mol. The summed E-state index contributed by atoms with van der Waals surface area (Å²) in [6.45, 7) is 0.298. The summed E-state index contributed by atoms with van der Waals surface area (Å²) in [7, 11) is 0. The van der Waals surface area contributed by atoms with Gasteiger partial charge in [0.2, 0.25) is 0 Å². The maximum absolute atomic E-state index is 11.0. The summed E-state index contributed by atoms with van der Waals surface area (Å²) < 4.78 is 5.02. The Morgan fingerprint density at radius 1 is 1.35 bits per heavy atom. The number of benzene rings is 1. The van der Waals surface area contributed by atoms with Crippen LogP contribution in [0.5, 0.6) is 0 Å². The molecule has 1 aromatic carbocycles. The normalized spacial score (nSPS) is 9.94. The Balaban J connectivity index is 2.47. The first-order chi connectivity index (χ1) is 8.26. The maximum Gasteiger partial charge on any atom is 0.316 e. The van der Waals surface area contributed by atoms with E-state index in [1.54, 1.807) is 0 Å². The predicted octanol–water partition coefficient (Wildman–Crippen LogP) is 2.65. The zero-order chi connectivity index (χ0) is 12.5. The van der Waals surface area contributed by atoms with Crippen LogP contribution in [0.4, 0.5) is 0 Å². The summed E-state index contributed by atoms with van der Waals surface area (Å²) in [4.78, 5) is 21.2. The highest BCUT2D eigenvalue weighted by Crippen LogP contribution is 2.09. The van der Waals surface area contributed by atoms with Crippen LogP contribution in [0.15, 0.2) is 24.3 Å². The van der Waals surface area contributed by atoms with Crippen molar-refractivity contribution in [2.45, 2.75) is 25.9 Å². The molecule has 0 aromatic heterocycles. The van der Waals surface area contributed by atoms with E-state index in [9.17, 15) is 9.59 Å². The molecule has 0 heterocycles. The van der Waals surface area contributed by atoms with Crippen LogP contribution >= 0.6 is 15.9 Å². The van der Waals surface area contributed by atoms with Crippen molar-refractivity contribution in [3.63, 3.8) is 0 Å². The minimum atomic E-state index is -0.267. The van der Waals surface area contributed by atoms with Crippen LogP contribution in [-0.4, -0.2) is 17.6 Å². The number of unbranched alkanes of at least 4 members (excludes halogenated alkanes) is 1. The summed E-state index contributed by atoms with van der Waals surface area (Å²) in [5, 5.41) is 0.214. The van der Waals surface area contributed by atoms with E-state index in [4.69, 9.17) is 4.74 Å². The number of ether oxygens (including phenoxy) is 1. The molecule has 1 rings (SSSR count). The average Bonchev–Trinajstić information content (AvgIpc) is 2.37. The van der Waals surface area contributed by atoms with E-state index in [-0.39, 0.29) is 11.3 Å². The lowest BCUT2D eigenvalue weighted by Gasteiger charge is -2.05. The van der Waals surface area contributed by atoms with Crippen molar-refractivity contribution in [2.75, 3.05) is 5.33 Å². The second kappa shape index (κ2) is 8.01. The van der Waals surface area contributed by atoms with Gasteiger partial charge in [0.25, 0.3) is 0 Å². The molecule has 0 atom stereocenters. The van der Waals surface area contributed by atoms with Crippen molar-refractivity contribution in [2.24, 2.45) is 0 Å². The number of hydrogen-bond acceptors (Lipinski definition) is 3. The maximum atomic E-state index is 11.0. The first kappa shape index (κ1) is 13.9. The largest absolute Gasteiger partial charge is 0.460 e. The number of hydrogen-bond donors (Lipinski definition) is 0. The topological polar surface area (TPSA) is 43.4 Å². The van der Waals surface area contributed by atoms with Crippen LogP contribution in [0.2, 0.25) is 0 Å². The SMILES string of the molecule is O=CCCCc1cccc(COC(=O)CBr)c1. The molecular formula is C13H15BrO3. The van der Waals surface area contributed by atoms with E-state index in [1.807, 2.05) is 24.3 Å². The molecule has 0 aliphatic heterocycles. The van der Waals surface area contributed by atoms with Crippen LogP contribution < -0.4 is 0 Å². The Kier molecular flexibility index (Phi) is 6.55. The van der Waals surface area contributed by atoms with Crippen LogP contribution in [0.1, 0.15) is 24.0 Å². The van der Waals surface area contributed by atoms with Gasteiger partial charge in [0.05, 0.1) is 0 Å². The molecule has 4 heteroatoms. The lowest BCUT2D eigenvalue weighted by atomic mass is 10.1. The lowest BCUT2D eigenvalue weighted by molar-refractivity contribution is -0.141. The molecule has 0 saturated carbocycles. The molecule has 0 amide bonds. The third-order valence-corrected chi connectivity index (χ3v) is 2.75. The van der Waals surface area contributed by atoms with Crippen LogP contribution in [0.25, 0.3) is 0 Å². The molecule has 0 saturated heterocycles. The minimum Gasteiger partial charge on any atom is -0.460 e. The molecule has 1 aromatic rings. The van der Waals surface area contributed by atoms with E-state index in [2.05, 4.69) is 15.9 Å². The number of alkyl halides is 1. The molecule has 0 fully saturated rings. The van der Waals surface area contributed by atoms with Crippen LogP contribution in [-0.2, 0) is 27.4 Å². The molecule has 3 nitrogen and oxygen atoms in total. The molecule has 17 heavy (non-hydrogen) atoms. The van der Waals surface area contributed by atoms with Crippen molar-refractivity contribution in [3.05, 3.63) is 35.4 Å². The molecule has 0 aliphatic rings. The van der Waals surface area contributed by atoms with Crippen molar-refractivity contribution in [1.82, 2.24) is 0 Å². The van der Waals surface area contributed by atoms with Crippen molar-refractivity contribution < 1.29 is 14.3 Å². The van der Waals surface area contributed by atoms with Gasteiger partial charge in [0.1, 0.15) is 18.2 Å². The summed E-state index contributed by atoms with van der Waals surface area (Å²) in [5.74, 6) is -0.267. The van der Waals surface area contributed by atoms with Crippen molar-refractivity contribution >= 4 is 28.2 Å². The fraction of sp³-hybridized carbons (Fsp3) is 0.385. The van der Waals surface area contributed by atoms with E-state index in [0.717, 1.165) is 24.7 Å². The van der Waals surface area contributed by atoms with Gasteiger partial charge < -0.3 is 9.53 Å². The number of aldehydes is 1. The van der Waals surface area contributed by atoms with Gasteiger partial charge in [-0.05, 0) is 24.0 Å². The Morgan fingerprint density at radius 2 is 2.12 bits per heavy atom. The van der Waals surface area contributed by atoms with E-state index in [1.165, 1.54) is 5.56 Å². The van der Waals surface area contributed by atoms with Crippen LogP contribution in [0.3, 0.4) is 0 Å². The third kappa shape index (κ3) is 5.63. The van der Waals surface area contributed by atoms with E-state index < -0.39 is 0 Å². The first-order valence-corrected chi connectivity index (χ1v) is 6.61. The standard InChI is InChI=1S/C13H15BrO3/c14-9-13(16)17-10-12-6-3-5-11(8-12)4-1-2-7-15/h3,5-8H,1-2,4,9-10H2. The molecule has 0 radical (unpaired) electrons. The monoisotopic (exact) mass is 298 g/mol. The average molecular weight is 299 g/mol. The summed E-state index contributed by atoms with van der Waals surface area (Å²) in [5.41, 5.74) is 2.14. The molecule has 0 bridgehead atoms. The summed E-state index contributed by atoms with van der Waals surface area (Å²) >= 11 is 3.04. The van der Waals surface area contributed by atoms with Gasteiger partial charge in [0, 0.05) is 6.42 Å². The summed E-state index contributed by atoms with van der Waals surface area (Å²) in [6, 6.07) is 7.88. The molecule has 0 N–H and O–H groups in total. The molecule has 0 aliphatic carbocycles. The highest BCUT2D eigenvalue weighted by Gasteiger charge is 2.01. The molecular weight excluding hydrogens is 284 g/mol. The third-order valence-electron chi connectivity index (χ3n) is 2.29. The van der Waals surface area contributed by atoms with Gasteiger partial charge in [0.15, 0.2) is 0 Å². The minimum absolute atomic E-state index is 0.214. The highest BCUT2D eigenvalue weighted by atomic mass is 79.9. The highest BCUT2D eigenvalue weighted by molar-refractivity contribution is 9.09. The Hall–Kier alpha value is -1.16. The summed E-state index contributed by atoms with van der Waals surface area (Å²) in [6.07, 6.45) is 3.25. The number of rotatable bonds is 7. The number of esters is 1. The second-order valence-electron chi connectivity index (χ2n) is 3.67. The van der Waals surface area contributed by atoms with E-state index >= 15 is 0 Å². The lowest BCUT2D eigenvalue weighted by Crippen LogP contribution is -2.05. The van der Waals surface area contributed by atoms with Gasteiger partial charge in [-0.1, -0.05) is 40.2 Å². The second-order valence-corrected chi connectivity index (χ2v) is 4.23. The van der Waals surface area contributed by atoms with Gasteiger partial charge >= 0.3 is 5.97 Å². The first-order valence-electron chi connectivity index (χ1n) is 5.49. The van der Waals surface area contributed by atoms with Gasteiger partial charge in [-0.15, -0.1) is 0 Å². The Bertz CT molecular complexity index is 377. The zero-order valence-corrected chi connectivity index (χ0v) is 11.1. The fourth-order valence-corrected chi connectivity index (χ4v) is 1.63. The Labute approximate surface area is 109 Å². The number of carbonyl (C=O) groups excluding carboxylic acids is 2. The fourth-order valence-electron chi connectivity index (χ4n) is 1.47. The van der Waals surface area contributed by atoms with Crippen molar-refractivity contribution in [1.29, 1.82) is 0 Å². The number of halogens is 1. The Morgan fingerprint density at radius 3 is 2.82 bits per heavy atom. The van der Waals surface area contributed by atoms with Gasteiger partial charge in [-0.3, -0.25) is 4.79 Å². The number of carbonyl (C=O) groups is 2. The number of aryl methyl sites for hydroxylation is 1. The molecule has 92 valence electrons. The van der Waals surface area contributed by atoms with Crippen molar-refractivity contribution in [3.8, 4) is 0 Å². The zero-order valence-electron chi connectivity index (χ0n) is 9.52. The van der Waals surface area contributed by atoms with Gasteiger partial charge in [-0.2, -0.15) is 0 Å².